The van der Waals surface area contributed by atoms with Gasteiger partial charge < -0.3 is 14.0 Å². The second-order valence-corrected chi connectivity index (χ2v) is 4.85. The van der Waals surface area contributed by atoms with E-state index in [9.17, 15) is 4.79 Å². The van der Waals surface area contributed by atoms with Crippen LogP contribution in [0, 0.1) is 0 Å². The lowest BCUT2D eigenvalue weighted by molar-refractivity contribution is 0.0601. The zero-order chi connectivity index (χ0) is 14.2. The Morgan fingerprint density at radius 3 is 2.47 bits per heavy atom. The number of ether oxygens (including phenoxy) is 2. The number of rotatable bonds is 3. The fourth-order valence-electron chi connectivity index (χ4n) is 2.56. The molecule has 0 saturated heterocycles. The maximum atomic E-state index is 12.1. The number of carbonyl (C=O) groups is 1. The maximum absolute atomic E-state index is 12.1. The second kappa shape index (κ2) is 4.96. The standard InChI is InChI=1S/C15H19NO3/c1-9(2)14-13(15(17)19-5)11-8-10(18-4)6-7-12(11)16(14)3/h6-9H,1-5H3. The summed E-state index contributed by atoms with van der Waals surface area (Å²) in [5.41, 5.74) is 2.62. The van der Waals surface area contributed by atoms with Crippen LogP contribution in [0.25, 0.3) is 10.9 Å². The monoisotopic (exact) mass is 261 g/mol. The number of hydrogen-bond donors (Lipinski definition) is 0. The van der Waals surface area contributed by atoms with Crippen LogP contribution in [0.3, 0.4) is 0 Å². The van der Waals surface area contributed by atoms with Crippen LogP contribution in [0.4, 0.5) is 0 Å². The van der Waals surface area contributed by atoms with Crippen LogP contribution in [0.2, 0.25) is 0 Å². The van der Waals surface area contributed by atoms with E-state index < -0.39 is 0 Å². The first-order chi connectivity index (χ1) is 9.01. The van der Waals surface area contributed by atoms with Crippen LogP contribution in [-0.4, -0.2) is 24.8 Å². The maximum Gasteiger partial charge on any atom is 0.340 e. The van der Waals surface area contributed by atoms with Gasteiger partial charge in [-0.1, -0.05) is 13.8 Å². The van der Waals surface area contributed by atoms with Crippen molar-refractivity contribution in [2.45, 2.75) is 19.8 Å². The van der Waals surface area contributed by atoms with E-state index >= 15 is 0 Å². The molecule has 19 heavy (non-hydrogen) atoms. The summed E-state index contributed by atoms with van der Waals surface area (Å²) in [4.78, 5) is 12.1. The van der Waals surface area contributed by atoms with E-state index in [1.54, 1.807) is 7.11 Å². The summed E-state index contributed by atoms with van der Waals surface area (Å²) in [5, 5.41) is 0.873. The fourth-order valence-corrected chi connectivity index (χ4v) is 2.56. The summed E-state index contributed by atoms with van der Waals surface area (Å²) in [6.07, 6.45) is 0. The molecular formula is C15H19NO3. The highest BCUT2D eigenvalue weighted by Crippen LogP contribution is 2.33. The number of esters is 1. The molecule has 2 rings (SSSR count). The van der Waals surface area contributed by atoms with Gasteiger partial charge in [0, 0.05) is 23.6 Å². The molecule has 1 heterocycles. The van der Waals surface area contributed by atoms with Gasteiger partial charge in [-0.2, -0.15) is 0 Å². The molecule has 0 aliphatic heterocycles. The van der Waals surface area contributed by atoms with Crippen molar-refractivity contribution in [3.63, 3.8) is 0 Å². The molecule has 1 aromatic carbocycles. The third kappa shape index (κ3) is 2.07. The molecule has 0 N–H and O–H groups in total. The van der Waals surface area contributed by atoms with Crippen LogP contribution >= 0.6 is 0 Å². The van der Waals surface area contributed by atoms with E-state index in [0.717, 1.165) is 22.3 Å². The first-order valence-corrected chi connectivity index (χ1v) is 6.25. The molecule has 0 amide bonds. The van der Waals surface area contributed by atoms with Crippen LogP contribution in [0.5, 0.6) is 5.75 Å². The Kier molecular flexibility index (Phi) is 3.51. The highest BCUT2D eigenvalue weighted by Gasteiger charge is 2.23. The van der Waals surface area contributed by atoms with Gasteiger partial charge in [-0.05, 0) is 24.1 Å². The Hall–Kier alpha value is -1.97. The molecule has 2 aromatic rings. The fraction of sp³-hybridized carbons (Fsp3) is 0.400. The number of hydrogen-bond acceptors (Lipinski definition) is 3. The van der Waals surface area contributed by atoms with Crippen molar-refractivity contribution in [1.29, 1.82) is 0 Å². The Labute approximate surface area is 112 Å². The number of benzene rings is 1. The summed E-state index contributed by atoms with van der Waals surface area (Å²) < 4.78 is 12.2. The van der Waals surface area contributed by atoms with E-state index in [1.165, 1.54) is 7.11 Å². The molecule has 1 aromatic heterocycles. The van der Waals surface area contributed by atoms with Gasteiger partial charge in [0.25, 0.3) is 0 Å². The lowest BCUT2D eigenvalue weighted by Crippen LogP contribution is -2.08. The van der Waals surface area contributed by atoms with Crippen LogP contribution in [0.15, 0.2) is 18.2 Å². The summed E-state index contributed by atoms with van der Waals surface area (Å²) in [7, 11) is 4.99. The van der Waals surface area contributed by atoms with Gasteiger partial charge in [-0.3, -0.25) is 0 Å². The molecule has 0 bridgehead atoms. The minimum absolute atomic E-state index is 0.234. The summed E-state index contributed by atoms with van der Waals surface area (Å²) >= 11 is 0. The largest absolute Gasteiger partial charge is 0.497 e. The van der Waals surface area contributed by atoms with Gasteiger partial charge in [0.2, 0.25) is 0 Å². The van der Waals surface area contributed by atoms with Crippen molar-refractivity contribution in [1.82, 2.24) is 4.57 Å². The quantitative estimate of drug-likeness (QED) is 0.797. The van der Waals surface area contributed by atoms with Crippen molar-refractivity contribution < 1.29 is 14.3 Å². The van der Waals surface area contributed by atoms with E-state index in [-0.39, 0.29) is 11.9 Å². The van der Waals surface area contributed by atoms with Crippen LogP contribution < -0.4 is 4.74 Å². The predicted octanol–water partition coefficient (Wildman–Crippen LogP) is 3.10. The SMILES string of the molecule is COC(=O)c1c(C(C)C)n(C)c2ccc(OC)cc12. The topological polar surface area (TPSA) is 40.5 Å². The smallest absolute Gasteiger partial charge is 0.340 e. The lowest BCUT2D eigenvalue weighted by Gasteiger charge is -2.10. The van der Waals surface area contributed by atoms with Crippen LogP contribution in [0.1, 0.15) is 35.8 Å². The Morgan fingerprint density at radius 2 is 1.95 bits per heavy atom. The minimum Gasteiger partial charge on any atom is -0.497 e. The van der Waals surface area contributed by atoms with Crippen molar-refractivity contribution in [3.05, 3.63) is 29.5 Å². The number of carbonyl (C=O) groups excluding carboxylic acids is 1. The molecule has 0 aliphatic rings. The van der Waals surface area contributed by atoms with Gasteiger partial charge in [-0.25, -0.2) is 4.79 Å². The molecule has 0 atom stereocenters. The summed E-state index contributed by atoms with van der Waals surface area (Å²) in [5.74, 6) is 0.665. The number of fused-ring (bicyclic) bond motifs is 1. The van der Waals surface area contributed by atoms with E-state index in [4.69, 9.17) is 9.47 Å². The molecule has 0 fully saturated rings. The zero-order valence-corrected chi connectivity index (χ0v) is 12.0. The lowest BCUT2D eigenvalue weighted by atomic mass is 10.0. The molecule has 0 saturated carbocycles. The average molecular weight is 261 g/mol. The van der Waals surface area contributed by atoms with Crippen molar-refractivity contribution in [2.75, 3.05) is 14.2 Å². The molecule has 0 aliphatic carbocycles. The minimum atomic E-state index is -0.303. The molecular weight excluding hydrogens is 242 g/mol. The second-order valence-electron chi connectivity index (χ2n) is 4.85. The number of nitrogens with zero attached hydrogens (tertiary/aromatic N) is 1. The molecule has 102 valence electrons. The van der Waals surface area contributed by atoms with Crippen molar-refractivity contribution >= 4 is 16.9 Å². The highest BCUT2D eigenvalue weighted by molar-refractivity contribution is 6.06. The molecule has 0 radical (unpaired) electrons. The number of methoxy groups -OCH3 is 2. The van der Waals surface area contributed by atoms with Gasteiger partial charge in [0.05, 0.1) is 19.8 Å². The normalized spacial score (nSPS) is 11.1. The Balaban J connectivity index is 2.85. The average Bonchev–Trinajstić information content (AvgIpc) is 2.70. The van der Waals surface area contributed by atoms with E-state index in [0.29, 0.717) is 5.56 Å². The molecule has 4 nitrogen and oxygen atoms in total. The van der Waals surface area contributed by atoms with Gasteiger partial charge in [-0.15, -0.1) is 0 Å². The van der Waals surface area contributed by atoms with Crippen molar-refractivity contribution in [3.8, 4) is 5.75 Å². The van der Waals surface area contributed by atoms with E-state index in [1.807, 2.05) is 29.8 Å². The molecule has 0 spiro atoms. The van der Waals surface area contributed by atoms with Gasteiger partial charge in [0.15, 0.2) is 0 Å². The number of aromatic nitrogens is 1. The molecule has 0 unspecified atom stereocenters. The Morgan fingerprint density at radius 1 is 1.26 bits per heavy atom. The molecule has 4 heteroatoms. The zero-order valence-electron chi connectivity index (χ0n) is 12.0. The first-order valence-electron chi connectivity index (χ1n) is 6.25. The third-order valence-corrected chi connectivity index (χ3v) is 3.39. The van der Waals surface area contributed by atoms with E-state index in [2.05, 4.69) is 13.8 Å². The van der Waals surface area contributed by atoms with Crippen LogP contribution in [-0.2, 0) is 11.8 Å². The summed E-state index contributed by atoms with van der Waals surface area (Å²) in [6, 6.07) is 5.74. The Bertz CT molecular complexity index is 626. The number of aryl methyl sites for hydroxylation is 1. The van der Waals surface area contributed by atoms with Gasteiger partial charge >= 0.3 is 5.97 Å². The van der Waals surface area contributed by atoms with Crippen molar-refractivity contribution in [2.24, 2.45) is 7.05 Å². The predicted molar refractivity (Wildman–Crippen MR) is 74.9 cm³/mol. The third-order valence-electron chi connectivity index (χ3n) is 3.39. The highest BCUT2D eigenvalue weighted by atomic mass is 16.5. The van der Waals surface area contributed by atoms with Gasteiger partial charge in [0.1, 0.15) is 5.75 Å². The first kappa shape index (κ1) is 13.5. The summed E-state index contributed by atoms with van der Waals surface area (Å²) in [6.45, 7) is 4.13.